The SMILES string of the molecule is CCn1c2ccccc2c2cc(-c3nc(-c4ccc(N5CCN(C)CC5)cc4)c(-c4ccc(N5CCN(C)CC5)cc4)n3-c3ccc(O[C@@H]4O[C@H](COC(C)=O)[C@@H](OC(C)=O)[C@H](OC(C)=O)[C@H]4OC(C)=O)cc3)ccc21. The number of rotatable bonds is 14. The molecule has 0 unspecified atom stereocenters. The second-order valence-corrected chi connectivity index (χ2v) is 19.8. The van der Waals surface area contributed by atoms with E-state index in [1.165, 1.54) is 33.4 Å². The zero-order valence-corrected chi connectivity index (χ0v) is 44.1. The van der Waals surface area contributed by atoms with E-state index >= 15 is 0 Å². The van der Waals surface area contributed by atoms with E-state index in [1.807, 2.05) is 12.1 Å². The van der Waals surface area contributed by atoms with E-state index in [0.29, 0.717) is 5.75 Å². The molecule has 0 amide bonds. The third-order valence-corrected chi connectivity index (χ3v) is 14.5. The maximum atomic E-state index is 12.7. The lowest BCUT2D eigenvalue weighted by Gasteiger charge is -2.43. The number of aromatic nitrogens is 3. The van der Waals surface area contributed by atoms with Gasteiger partial charge in [-0.15, -0.1) is 0 Å². The van der Waals surface area contributed by atoms with Crippen molar-refractivity contribution in [2.45, 2.75) is 71.9 Å². The fraction of sp³-hybridized carbons (Fsp3) is 0.373. The van der Waals surface area contributed by atoms with Crippen molar-refractivity contribution in [1.29, 1.82) is 0 Å². The molecule has 3 aliphatic rings. The summed E-state index contributed by atoms with van der Waals surface area (Å²) in [4.78, 5) is 64.9. The van der Waals surface area contributed by atoms with Gasteiger partial charge in [-0.3, -0.25) is 23.7 Å². The number of imidazole rings is 1. The first-order valence-electron chi connectivity index (χ1n) is 26.0. The first-order chi connectivity index (χ1) is 36.7. The fourth-order valence-corrected chi connectivity index (χ4v) is 10.7. The molecule has 5 aromatic carbocycles. The predicted octanol–water partition coefficient (Wildman–Crippen LogP) is 7.97. The van der Waals surface area contributed by atoms with Gasteiger partial charge in [0.2, 0.25) is 12.4 Å². The summed E-state index contributed by atoms with van der Waals surface area (Å²) in [6.45, 7) is 15.1. The first kappa shape index (κ1) is 51.7. The van der Waals surface area contributed by atoms with Gasteiger partial charge in [0.1, 0.15) is 24.3 Å². The highest BCUT2D eigenvalue weighted by Crippen LogP contribution is 2.42. The maximum Gasteiger partial charge on any atom is 0.303 e. The monoisotopic (exact) mass is 1030 g/mol. The minimum Gasteiger partial charge on any atom is -0.463 e. The van der Waals surface area contributed by atoms with Crippen LogP contribution in [0.5, 0.6) is 5.75 Å². The van der Waals surface area contributed by atoms with Crippen molar-refractivity contribution in [1.82, 2.24) is 23.9 Å². The van der Waals surface area contributed by atoms with Gasteiger partial charge in [0.05, 0.1) is 11.4 Å². The van der Waals surface area contributed by atoms with Crippen LogP contribution in [0.2, 0.25) is 0 Å². The number of likely N-dealkylation sites (N-methyl/N-ethyl adjacent to an activating group) is 2. The summed E-state index contributed by atoms with van der Waals surface area (Å²) in [7, 11) is 4.32. The second-order valence-electron chi connectivity index (χ2n) is 19.8. The van der Waals surface area contributed by atoms with Crippen LogP contribution in [0.25, 0.3) is 61.4 Å². The number of carbonyl (C=O) groups excluding carboxylic acids is 4. The summed E-state index contributed by atoms with van der Waals surface area (Å²) >= 11 is 0. The fourth-order valence-electron chi connectivity index (χ4n) is 10.7. The number of aryl methyl sites for hydroxylation is 1. The lowest BCUT2D eigenvalue weighted by Crippen LogP contribution is -2.63. The van der Waals surface area contributed by atoms with Crippen LogP contribution >= 0.6 is 0 Å². The molecule has 0 N–H and O–H groups in total. The molecule has 7 aromatic rings. The molecule has 17 nitrogen and oxygen atoms in total. The van der Waals surface area contributed by atoms with E-state index in [4.69, 9.17) is 33.4 Å². The smallest absolute Gasteiger partial charge is 0.303 e. The Morgan fingerprint density at radius 2 is 1.09 bits per heavy atom. The van der Waals surface area contributed by atoms with Crippen LogP contribution in [0.15, 0.2) is 115 Å². The van der Waals surface area contributed by atoms with Gasteiger partial charge < -0.3 is 52.6 Å². The van der Waals surface area contributed by atoms with Crippen molar-refractivity contribution >= 4 is 57.1 Å². The minimum absolute atomic E-state index is 0.304. The van der Waals surface area contributed by atoms with Crippen LogP contribution in [0, 0.1) is 0 Å². The Bertz CT molecular complexity index is 3230. The molecule has 5 atom stereocenters. The van der Waals surface area contributed by atoms with E-state index in [0.717, 1.165) is 126 Å². The number of anilines is 2. The number of fused-ring (bicyclic) bond motifs is 3. The van der Waals surface area contributed by atoms with Crippen LogP contribution in [0.3, 0.4) is 0 Å². The van der Waals surface area contributed by atoms with Crippen molar-refractivity contribution < 1.29 is 47.6 Å². The lowest BCUT2D eigenvalue weighted by molar-refractivity contribution is -0.288. The van der Waals surface area contributed by atoms with Gasteiger partial charge in [-0.25, -0.2) is 4.98 Å². The normalized spacial score (nSPS) is 20.4. The number of hydrogen-bond donors (Lipinski definition) is 0. The lowest BCUT2D eigenvalue weighted by atomic mass is 9.98. The molecule has 0 radical (unpaired) electrons. The quantitative estimate of drug-likeness (QED) is 0.0762. The zero-order valence-electron chi connectivity index (χ0n) is 44.1. The van der Waals surface area contributed by atoms with Crippen LogP contribution in [0.1, 0.15) is 34.6 Å². The Morgan fingerprint density at radius 3 is 1.67 bits per heavy atom. The van der Waals surface area contributed by atoms with Gasteiger partial charge in [0.25, 0.3) is 0 Å². The number of esters is 4. The highest BCUT2D eigenvalue weighted by molar-refractivity contribution is 6.09. The van der Waals surface area contributed by atoms with E-state index < -0.39 is 54.6 Å². The van der Waals surface area contributed by atoms with Crippen LogP contribution < -0.4 is 14.5 Å². The van der Waals surface area contributed by atoms with Crippen molar-refractivity contribution in [2.75, 3.05) is 82.9 Å². The Labute approximate surface area is 442 Å². The summed E-state index contributed by atoms with van der Waals surface area (Å²) in [6.07, 6.45) is -6.71. The van der Waals surface area contributed by atoms with Crippen molar-refractivity contribution in [3.8, 4) is 45.3 Å². The van der Waals surface area contributed by atoms with Gasteiger partial charge in [-0.2, -0.15) is 0 Å². The van der Waals surface area contributed by atoms with Crippen molar-refractivity contribution in [3.05, 3.63) is 115 Å². The molecule has 3 saturated heterocycles. The number of ether oxygens (including phenoxy) is 6. The average Bonchev–Trinajstić information content (AvgIpc) is 3.97. The number of nitrogens with zero attached hydrogens (tertiary/aromatic N) is 7. The molecule has 0 aliphatic carbocycles. The maximum absolute atomic E-state index is 12.7. The Hall–Kier alpha value is -7.73. The Balaban J connectivity index is 1.11. The molecular weight excluding hydrogens is 967 g/mol. The molecule has 3 fully saturated rings. The van der Waals surface area contributed by atoms with Gasteiger partial charge >= 0.3 is 23.9 Å². The number of benzene rings is 5. The van der Waals surface area contributed by atoms with Gasteiger partial charge in [0.15, 0.2) is 12.2 Å². The largest absolute Gasteiger partial charge is 0.463 e. The third-order valence-electron chi connectivity index (χ3n) is 14.5. The first-order valence-corrected chi connectivity index (χ1v) is 26.0. The molecule has 5 heterocycles. The molecule has 3 aliphatic heterocycles. The van der Waals surface area contributed by atoms with Gasteiger partial charge in [-0.05, 0) is 93.8 Å². The van der Waals surface area contributed by atoms with Gasteiger partial charge in [0, 0.05) is 142 Å². The molecule has 0 saturated carbocycles. The highest BCUT2D eigenvalue weighted by atomic mass is 16.7. The molecule has 76 heavy (non-hydrogen) atoms. The molecular formula is C59H65N7O10. The molecule has 0 bridgehead atoms. The predicted molar refractivity (Wildman–Crippen MR) is 291 cm³/mol. The van der Waals surface area contributed by atoms with E-state index in [1.54, 1.807) is 12.1 Å². The Kier molecular flexibility index (Phi) is 15.1. The average molecular weight is 1030 g/mol. The molecule has 0 spiro atoms. The number of para-hydroxylation sites is 1. The summed E-state index contributed by atoms with van der Waals surface area (Å²) in [6, 6.07) is 40.0. The third kappa shape index (κ3) is 10.9. The summed E-state index contributed by atoms with van der Waals surface area (Å²) in [5, 5.41) is 2.27. The number of piperazine rings is 2. The summed E-state index contributed by atoms with van der Waals surface area (Å²) in [5.41, 5.74) is 9.93. The molecule has 17 heteroatoms. The van der Waals surface area contributed by atoms with Crippen molar-refractivity contribution in [2.24, 2.45) is 0 Å². The minimum atomic E-state index is -1.41. The molecule has 10 rings (SSSR count). The Morgan fingerprint density at radius 1 is 0.566 bits per heavy atom. The van der Waals surface area contributed by atoms with Crippen molar-refractivity contribution in [3.63, 3.8) is 0 Å². The molecule has 396 valence electrons. The number of hydrogen-bond acceptors (Lipinski definition) is 15. The topological polar surface area (TPSA) is 159 Å². The van der Waals surface area contributed by atoms with Crippen LogP contribution in [-0.2, 0) is 49.4 Å². The van der Waals surface area contributed by atoms with E-state index in [9.17, 15) is 19.2 Å². The second kappa shape index (κ2) is 22.2. The van der Waals surface area contributed by atoms with E-state index in [2.05, 4.69) is 141 Å². The van der Waals surface area contributed by atoms with Crippen LogP contribution in [0.4, 0.5) is 11.4 Å². The standard InChI is InChI=1S/C59H65N7O10/c1-8-65-50-12-10-9-11-48(50)49-35-43(17-26-51(49)65)58-60-53(41-13-18-44(19-14-41)63-31-27-61(6)28-32-63)54(42-15-20-45(21-16-42)64-33-29-62(7)30-34-64)66(58)46-22-24-47(25-23-46)75-59-57(74-40(5)70)56(73-39(4)69)55(72-38(3)68)52(76-59)36-71-37(2)67/h9-26,35,52,55-57,59H,8,27-34,36H2,1-7H3/t52-,55-,56+,57-,59-/m1/s1. The zero-order chi connectivity index (χ0) is 53.2. The summed E-state index contributed by atoms with van der Waals surface area (Å²) in [5.74, 6) is -1.78. The van der Waals surface area contributed by atoms with Crippen LogP contribution in [-0.4, -0.2) is 152 Å². The summed E-state index contributed by atoms with van der Waals surface area (Å²) < 4.78 is 39.6. The highest BCUT2D eigenvalue weighted by Gasteiger charge is 2.53. The van der Waals surface area contributed by atoms with E-state index in [-0.39, 0.29) is 6.61 Å². The molecule has 2 aromatic heterocycles. The van der Waals surface area contributed by atoms with Gasteiger partial charge in [-0.1, -0.05) is 42.5 Å². The number of carbonyl (C=O) groups is 4.